The fourth-order valence-electron chi connectivity index (χ4n) is 2.41. The van der Waals surface area contributed by atoms with Gasteiger partial charge in [0.15, 0.2) is 0 Å². The molecule has 2 heterocycles. The van der Waals surface area contributed by atoms with E-state index in [1.165, 1.54) is 22.1 Å². The monoisotopic (exact) mass is 389 g/mol. The minimum absolute atomic E-state index is 0.207. The normalized spacial score (nSPS) is 11.6. The second-order valence-corrected chi connectivity index (χ2v) is 8.77. The molecule has 0 fully saturated rings. The van der Waals surface area contributed by atoms with Crippen LogP contribution >= 0.6 is 11.3 Å². The molecule has 26 heavy (non-hydrogen) atoms. The van der Waals surface area contributed by atoms with Gasteiger partial charge in [0.05, 0.1) is 5.69 Å². The largest absolute Gasteiger partial charge is 0.268 e. The highest BCUT2D eigenvalue weighted by atomic mass is 32.2. The summed E-state index contributed by atoms with van der Waals surface area (Å²) in [6.07, 6.45) is 0.467. The fraction of sp³-hybridized carbons (Fsp3) is 0.222. The van der Waals surface area contributed by atoms with Crippen molar-refractivity contribution in [2.45, 2.75) is 24.1 Å². The first-order valence-corrected chi connectivity index (χ1v) is 10.5. The van der Waals surface area contributed by atoms with Gasteiger partial charge < -0.3 is 0 Å². The summed E-state index contributed by atoms with van der Waals surface area (Å²) in [6.45, 7) is 2.59. The van der Waals surface area contributed by atoms with Gasteiger partial charge in [-0.05, 0) is 30.9 Å². The lowest BCUT2D eigenvalue weighted by atomic mass is 10.1. The lowest BCUT2D eigenvalue weighted by molar-refractivity contribution is 0.537. The maximum Gasteiger partial charge on any atom is 0.266 e. The quantitative estimate of drug-likeness (QED) is 0.630. The van der Waals surface area contributed by atoms with Crippen LogP contribution in [0.25, 0.3) is 11.3 Å². The Morgan fingerprint density at radius 3 is 2.58 bits per heavy atom. The topological polar surface area (TPSA) is 81.1 Å². The lowest BCUT2D eigenvalue weighted by Crippen LogP contribution is -2.27. The van der Waals surface area contributed by atoms with Gasteiger partial charge in [-0.1, -0.05) is 35.9 Å². The predicted molar refractivity (Wildman–Crippen MR) is 103 cm³/mol. The Balaban J connectivity index is 1.64. The molecule has 0 aliphatic carbocycles. The first kappa shape index (κ1) is 18.5. The van der Waals surface area contributed by atoms with E-state index in [0.29, 0.717) is 18.7 Å². The van der Waals surface area contributed by atoms with Crippen molar-refractivity contribution in [2.24, 2.45) is 0 Å². The summed E-state index contributed by atoms with van der Waals surface area (Å²) in [5.41, 5.74) is 2.59. The maximum atomic E-state index is 12.1. The molecule has 0 saturated heterocycles. The molecule has 0 bridgehead atoms. The Labute approximate surface area is 156 Å². The van der Waals surface area contributed by atoms with Crippen molar-refractivity contribution < 1.29 is 8.42 Å². The smallest absolute Gasteiger partial charge is 0.266 e. The van der Waals surface area contributed by atoms with Crippen molar-refractivity contribution in [3.05, 3.63) is 69.8 Å². The average molecular weight is 390 g/mol. The number of aryl methyl sites for hydroxylation is 2. The summed E-state index contributed by atoms with van der Waals surface area (Å²) in [6, 6.07) is 14.3. The Kier molecular flexibility index (Phi) is 5.65. The van der Waals surface area contributed by atoms with Crippen LogP contribution in [0.4, 0.5) is 0 Å². The van der Waals surface area contributed by atoms with Crippen LogP contribution in [0.15, 0.2) is 62.9 Å². The zero-order chi connectivity index (χ0) is 18.6. The molecule has 0 radical (unpaired) electrons. The van der Waals surface area contributed by atoms with Crippen LogP contribution in [0.3, 0.4) is 0 Å². The van der Waals surface area contributed by atoms with E-state index in [1.54, 1.807) is 23.6 Å². The zero-order valence-electron chi connectivity index (χ0n) is 14.3. The third kappa shape index (κ3) is 4.46. The number of hydrogen-bond donors (Lipinski definition) is 1. The summed E-state index contributed by atoms with van der Waals surface area (Å²) < 4.78 is 28.3. The molecule has 0 saturated carbocycles. The van der Waals surface area contributed by atoms with E-state index in [-0.39, 0.29) is 16.3 Å². The van der Waals surface area contributed by atoms with E-state index in [2.05, 4.69) is 9.82 Å². The lowest BCUT2D eigenvalue weighted by Gasteiger charge is -2.08. The summed E-state index contributed by atoms with van der Waals surface area (Å²) in [5, 5.41) is 6.10. The standard InChI is InChI=1S/C18H19N3O3S2/c1-14-5-7-15(8-6-14)16-9-10-17(22)21(20-16)12-3-11-19-26(23,24)18-4-2-13-25-18/h2,4-10,13,19H,3,11-12H2,1H3. The molecular weight excluding hydrogens is 370 g/mol. The number of nitrogens with one attached hydrogen (secondary N) is 1. The molecule has 3 aromatic rings. The van der Waals surface area contributed by atoms with Gasteiger partial charge >= 0.3 is 0 Å². The Morgan fingerprint density at radius 2 is 1.88 bits per heavy atom. The maximum absolute atomic E-state index is 12.1. The Hall–Kier alpha value is -2.29. The minimum Gasteiger partial charge on any atom is -0.268 e. The van der Waals surface area contributed by atoms with E-state index in [0.717, 1.165) is 11.1 Å². The highest BCUT2D eigenvalue weighted by Crippen LogP contribution is 2.16. The van der Waals surface area contributed by atoms with Crippen molar-refractivity contribution >= 4 is 21.4 Å². The van der Waals surface area contributed by atoms with E-state index in [4.69, 9.17) is 0 Å². The van der Waals surface area contributed by atoms with Crippen LogP contribution < -0.4 is 10.3 Å². The van der Waals surface area contributed by atoms with Gasteiger partial charge in [-0.15, -0.1) is 11.3 Å². The molecule has 0 spiro atoms. The van der Waals surface area contributed by atoms with Gasteiger partial charge in [-0.3, -0.25) is 4.79 Å². The molecule has 0 amide bonds. The van der Waals surface area contributed by atoms with Crippen molar-refractivity contribution in [2.75, 3.05) is 6.54 Å². The van der Waals surface area contributed by atoms with Crippen LogP contribution in [0, 0.1) is 6.92 Å². The highest BCUT2D eigenvalue weighted by Gasteiger charge is 2.14. The van der Waals surface area contributed by atoms with E-state index >= 15 is 0 Å². The zero-order valence-corrected chi connectivity index (χ0v) is 15.9. The highest BCUT2D eigenvalue weighted by molar-refractivity contribution is 7.91. The van der Waals surface area contributed by atoms with Gasteiger partial charge in [0.2, 0.25) is 10.0 Å². The number of sulfonamides is 1. The van der Waals surface area contributed by atoms with Gasteiger partial charge in [0.1, 0.15) is 4.21 Å². The van der Waals surface area contributed by atoms with Gasteiger partial charge in [-0.2, -0.15) is 5.10 Å². The van der Waals surface area contributed by atoms with Crippen LogP contribution in [0.1, 0.15) is 12.0 Å². The van der Waals surface area contributed by atoms with Gasteiger partial charge in [0, 0.05) is 24.7 Å². The van der Waals surface area contributed by atoms with Crippen LogP contribution in [-0.2, 0) is 16.6 Å². The molecule has 1 aromatic carbocycles. The number of rotatable bonds is 7. The molecule has 0 aliphatic rings. The molecule has 0 atom stereocenters. The molecule has 1 N–H and O–H groups in total. The van der Waals surface area contributed by atoms with E-state index in [1.807, 2.05) is 31.2 Å². The second kappa shape index (κ2) is 7.94. The Bertz CT molecular complexity index is 1020. The average Bonchev–Trinajstić information content (AvgIpc) is 3.16. The minimum atomic E-state index is -3.48. The Morgan fingerprint density at radius 1 is 1.12 bits per heavy atom. The molecule has 0 aliphatic heterocycles. The van der Waals surface area contributed by atoms with Crippen molar-refractivity contribution in [1.29, 1.82) is 0 Å². The van der Waals surface area contributed by atoms with Gasteiger partial charge in [-0.25, -0.2) is 17.8 Å². The number of aromatic nitrogens is 2. The van der Waals surface area contributed by atoms with Crippen LogP contribution in [-0.4, -0.2) is 24.7 Å². The molecular formula is C18H19N3O3S2. The summed E-state index contributed by atoms with van der Waals surface area (Å²) >= 11 is 1.17. The van der Waals surface area contributed by atoms with Crippen molar-refractivity contribution in [3.8, 4) is 11.3 Å². The molecule has 8 heteroatoms. The number of benzene rings is 1. The number of thiophene rings is 1. The summed E-state index contributed by atoms with van der Waals surface area (Å²) in [5.74, 6) is 0. The first-order valence-electron chi connectivity index (χ1n) is 8.14. The molecule has 0 unspecified atom stereocenters. The van der Waals surface area contributed by atoms with E-state index in [9.17, 15) is 13.2 Å². The second-order valence-electron chi connectivity index (χ2n) is 5.83. The van der Waals surface area contributed by atoms with E-state index < -0.39 is 10.0 Å². The molecule has 3 rings (SSSR count). The third-order valence-electron chi connectivity index (χ3n) is 3.81. The first-order chi connectivity index (χ1) is 12.5. The third-order valence-corrected chi connectivity index (χ3v) is 6.67. The summed E-state index contributed by atoms with van der Waals surface area (Å²) in [4.78, 5) is 12.0. The van der Waals surface area contributed by atoms with Crippen molar-refractivity contribution in [1.82, 2.24) is 14.5 Å². The SMILES string of the molecule is Cc1ccc(-c2ccc(=O)n(CCCNS(=O)(=O)c3cccs3)n2)cc1. The van der Waals surface area contributed by atoms with Crippen molar-refractivity contribution in [3.63, 3.8) is 0 Å². The number of hydrogen-bond acceptors (Lipinski definition) is 5. The van der Waals surface area contributed by atoms with Crippen LogP contribution in [0.5, 0.6) is 0 Å². The predicted octanol–water partition coefficient (Wildman–Crippen LogP) is 2.65. The van der Waals surface area contributed by atoms with Gasteiger partial charge in [0.25, 0.3) is 5.56 Å². The molecule has 6 nitrogen and oxygen atoms in total. The molecule has 2 aromatic heterocycles. The molecule has 136 valence electrons. The van der Waals surface area contributed by atoms with Crippen LogP contribution in [0.2, 0.25) is 0 Å². The number of nitrogens with zero attached hydrogens (tertiary/aromatic N) is 2. The summed E-state index contributed by atoms with van der Waals surface area (Å²) in [7, 11) is -3.48. The fourth-order valence-corrected chi connectivity index (χ4v) is 4.52.